The lowest BCUT2D eigenvalue weighted by molar-refractivity contribution is 0.308. The van der Waals surface area contributed by atoms with Gasteiger partial charge in [-0.3, -0.25) is 4.40 Å². The molecule has 158 valence electrons. The predicted octanol–water partition coefficient (Wildman–Crippen LogP) is 6.25. The van der Waals surface area contributed by atoms with Gasteiger partial charge in [-0.25, -0.2) is 4.98 Å². The van der Waals surface area contributed by atoms with Crippen LogP contribution in [0.1, 0.15) is 48.9 Å². The first-order chi connectivity index (χ1) is 15.4. The Morgan fingerprint density at radius 2 is 1.55 bits per heavy atom. The minimum Gasteiger partial charge on any atom is -0.485 e. The summed E-state index contributed by atoms with van der Waals surface area (Å²) in [5, 5.41) is 3.84. The molecule has 4 nitrogen and oxygen atoms in total. The fourth-order valence-corrected chi connectivity index (χ4v) is 4.44. The molecule has 0 radical (unpaired) electrons. The summed E-state index contributed by atoms with van der Waals surface area (Å²) in [6.07, 6.45) is 9.29. The molecule has 0 amide bonds. The van der Waals surface area contributed by atoms with Gasteiger partial charge in [0.1, 0.15) is 12.4 Å². The van der Waals surface area contributed by atoms with Crippen LogP contribution in [-0.2, 0) is 13.0 Å². The van der Waals surface area contributed by atoms with Crippen LogP contribution in [0.3, 0.4) is 0 Å². The number of ether oxygens (including phenoxy) is 1. The van der Waals surface area contributed by atoms with Gasteiger partial charge in [0.15, 0.2) is 11.4 Å². The molecule has 1 fully saturated rings. The summed E-state index contributed by atoms with van der Waals surface area (Å²) < 4.78 is 8.38. The molecule has 4 aromatic rings. The van der Waals surface area contributed by atoms with Gasteiger partial charge in [0, 0.05) is 18.7 Å². The lowest BCUT2D eigenvalue weighted by Crippen LogP contribution is -2.23. The molecule has 1 aliphatic carbocycles. The highest BCUT2D eigenvalue weighted by Crippen LogP contribution is 2.30. The van der Waals surface area contributed by atoms with Gasteiger partial charge >= 0.3 is 0 Å². The van der Waals surface area contributed by atoms with E-state index in [1.165, 1.54) is 37.7 Å². The standard InChI is InChI=1S/C27H29N3O/c1-4-11-21(12-5-1)19-24-26(28-23-15-8-3-9-16-23)30-18-10-17-25(27(30)29-24)31-20-22-13-6-2-7-14-22/h1-2,4-7,10-14,17-18,23,28H,3,8-9,15-16,19-20H2. The third kappa shape index (κ3) is 4.58. The first-order valence-electron chi connectivity index (χ1n) is 11.3. The fourth-order valence-electron chi connectivity index (χ4n) is 4.44. The van der Waals surface area contributed by atoms with E-state index in [1.54, 1.807) is 0 Å². The van der Waals surface area contributed by atoms with Crippen molar-refractivity contribution in [2.45, 2.75) is 51.2 Å². The van der Waals surface area contributed by atoms with E-state index in [1.807, 2.05) is 30.3 Å². The summed E-state index contributed by atoms with van der Waals surface area (Å²) in [6.45, 7) is 0.535. The van der Waals surface area contributed by atoms with Crippen LogP contribution in [-0.4, -0.2) is 15.4 Å². The number of hydrogen-bond acceptors (Lipinski definition) is 3. The monoisotopic (exact) mass is 411 g/mol. The molecule has 0 saturated heterocycles. The summed E-state index contributed by atoms with van der Waals surface area (Å²) in [7, 11) is 0. The first-order valence-corrected chi connectivity index (χ1v) is 11.3. The highest BCUT2D eigenvalue weighted by Gasteiger charge is 2.20. The summed E-state index contributed by atoms with van der Waals surface area (Å²) in [6, 6.07) is 25.4. The maximum Gasteiger partial charge on any atom is 0.181 e. The zero-order chi connectivity index (χ0) is 20.9. The Bertz CT molecular complexity index is 1120. The van der Waals surface area contributed by atoms with Crippen molar-refractivity contribution < 1.29 is 4.74 Å². The second kappa shape index (κ2) is 9.25. The predicted molar refractivity (Wildman–Crippen MR) is 126 cm³/mol. The number of nitrogens with zero attached hydrogens (tertiary/aromatic N) is 2. The fraction of sp³-hybridized carbons (Fsp3) is 0.296. The molecule has 5 rings (SSSR count). The van der Waals surface area contributed by atoms with E-state index < -0.39 is 0 Å². The Labute approximate surface area is 183 Å². The van der Waals surface area contributed by atoms with E-state index in [0.717, 1.165) is 34.9 Å². The van der Waals surface area contributed by atoms with Crippen molar-refractivity contribution in [2.24, 2.45) is 0 Å². The lowest BCUT2D eigenvalue weighted by atomic mass is 9.95. The van der Waals surface area contributed by atoms with Crippen molar-refractivity contribution in [3.63, 3.8) is 0 Å². The first kappa shape index (κ1) is 19.7. The van der Waals surface area contributed by atoms with Crippen LogP contribution in [0, 0.1) is 0 Å². The SMILES string of the molecule is c1ccc(COc2cccn3c(NC4CCCCC4)c(Cc4ccccc4)nc23)cc1. The van der Waals surface area contributed by atoms with E-state index in [4.69, 9.17) is 9.72 Å². The average molecular weight is 412 g/mol. The lowest BCUT2D eigenvalue weighted by Gasteiger charge is -2.24. The number of aromatic nitrogens is 2. The van der Waals surface area contributed by atoms with Gasteiger partial charge in [-0.2, -0.15) is 0 Å². The molecule has 31 heavy (non-hydrogen) atoms. The summed E-state index contributed by atoms with van der Waals surface area (Å²) in [4.78, 5) is 5.06. The molecule has 4 heteroatoms. The van der Waals surface area contributed by atoms with Crippen LogP contribution in [0.5, 0.6) is 5.75 Å². The summed E-state index contributed by atoms with van der Waals surface area (Å²) in [5.74, 6) is 1.92. The van der Waals surface area contributed by atoms with Crippen LogP contribution in [0.25, 0.3) is 5.65 Å². The van der Waals surface area contributed by atoms with Gasteiger partial charge in [-0.15, -0.1) is 0 Å². The highest BCUT2D eigenvalue weighted by atomic mass is 16.5. The van der Waals surface area contributed by atoms with Gasteiger partial charge in [0.25, 0.3) is 0 Å². The van der Waals surface area contributed by atoms with Crippen LogP contribution >= 0.6 is 0 Å². The van der Waals surface area contributed by atoms with Gasteiger partial charge in [0.2, 0.25) is 0 Å². The van der Waals surface area contributed by atoms with Crippen LogP contribution in [0.4, 0.5) is 5.82 Å². The molecule has 0 aliphatic heterocycles. The van der Waals surface area contributed by atoms with Gasteiger partial charge < -0.3 is 10.1 Å². The maximum atomic E-state index is 6.20. The third-order valence-corrected chi connectivity index (χ3v) is 6.08. The van der Waals surface area contributed by atoms with Crippen molar-refractivity contribution in [1.29, 1.82) is 0 Å². The molecule has 0 spiro atoms. The molecule has 2 aromatic carbocycles. The quantitative estimate of drug-likeness (QED) is 0.391. The minimum atomic E-state index is 0.511. The smallest absolute Gasteiger partial charge is 0.181 e. The molecular weight excluding hydrogens is 382 g/mol. The number of imidazole rings is 1. The van der Waals surface area contributed by atoms with E-state index in [-0.39, 0.29) is 0 Å². The van der Waals surface area contributed by atoms with Crippen molar-refractivity contribution in [1.82, 2.24) is 9.38 Å². The van der Waals surface area contributed by atoms with Crippen LogP contribution in [0.2, 0.25) is 0 Å². The van der Waals surface area contributed by atoms with Crippen LogP contribution in [0.15, 0.2) is 79.0 Å². The Hall–Kier alpha value is -3.27. The molecular formula is C27H29N3O. The third-order valence-electron chi connectivity index (χ3n) is 6.08. The van der Waals surface area contributed by atoms with E-state index in [0.29, 0.717) is 12.6 Å². The number of rotatable bonds is 7. The zero-order valence-electron chi connectivity index (χ0n) is 17.8. The number of nitrogens with one attached hydrogen (secondary N) is 1. The summed E-state index contributed by atoms with van der Waals surface area (Å²) >= 11 is 0. The molecule has 0 unspecified atom stereocenters. The van der Waals surface area contributed by atoms with Crippen molar-refractivity contribution >= 4 is 11.5 Å². The van der Waals surface area contributed by atoms with E-state index >= 15 is 0 Å². The number of hydrogen-bond donors (Lipinski definition) is 1. The number of pyridine rings is 1. The van der Waals surface area contributed by atoms with Gasteiger partial charge in [-0.05, 0) is 36.1 Å². The van der Waals surface area contributed by atoms with E-state index in [9.17, 15) is 0 Å². The molecule has 0 bridgehead atoms. The minimum absolute atomic E-state index is 0.511. The Balaban J connectivity index is 1.49. The van der Waals surface area contributed by atoms with Crippen molar-refractivity contribution in [3.05, 3.63) is 95.8 Å². The maximum absolute atomic E-state index is 6.20. The molecule has 0 atom stereocenters. The number of fused-ring (bicyclic) bond motifs is 1. The second-order valence-corrected chi connectivity index (χ2v) is 8.39. The number of anilines is 1. The molecule has 2 heterocycles. The Kier molecular flexibility index (Phi) is 5.87. The molecule has 1 saturated carbocycles. The molecule has 1 N–H and O–H groups in total. The Morgan fingerprint density at radius 1 is 0.839 bits per heavy atom. The molecule has 2 aromatic heterocycles. The average Bonchev–Trinajstić information content (AvgIpc) is 3.17. The Morgan fingerprint density at radius 3 is 2.29 bits per heavy atom. The topological polar surface area (TPSA) is 38.6 Å². The van der Waals surface area contributed by atoms with Gasteiger partial charge in [-0.1, -0.05) is 79.9 Å². The largest absolute Gasteiger partial charge is 0.485 e. The molecule has 1 aliphatic rings. The second-order valence-electron chi connectivity index (χ2n) is 8.39. The highest BCUT2D eigenvalue weighted by molar-refractivity contribution is 5.63. The van der Waals surface area contributed by atoms with Gasteiger partial charge in [0.05, 0.1) is 5.69 Å². The van der Waals surface area contributed by atoms with Crippen molar-refractivity contribution in [3.8, 4) is 5.75 Å². The van der Waals surface area contributed by atoms with E-state index in [2.05, 4.69) is 58.4 Å². The number of benzene rings is 2. The summed E-state index contributed by atoms with van der Waals surface area (Å²) in [5.41, 5.74) is 4.38. The van der Waals surface area contributed by atoms with Crippen molar-refractivity contribution in [2.75, 3.05) is 5.32 Å². The normalized spacial score (nSPS) is 14.6. The zero-order valence-corrected chi connectivity index (χ0v) is 17.8. The van der Waals surface area contributed by atoms with Crippen LogP contribution < -0.4 is 10.1 Å².